The van der Waals surface area contributed by atoms with Gasteiger partial charge in [-0.15, -0.1) is 24.0 Å². The largest absolute Gasteiger partial charge is 0.356 e. The summed E-state index contributed by atoms with van der Waals surface area (Å²) in [6.45, 7) is 6.31. The Kier molecular flexibility index (Phi) is 10.4. The molecule has 0 atom stereocenters. The summed E-state index contributed by atoms with van der Waals surface area (Å²) < 4.78 is 1.85. The van der Waals surface area contributed by atoms with Crippen molar-refractivity contribution in [2.24, 2.45) is 12.0 Å². The summed E-state index contributed by atoms with van der Waals surface area (Å²) in [5, 5.41) is 11.2. The number of rotatable bonds is 9. The summed E-state index contributed by atoms with van der Waals surface area (Å²) in [4.78, 5) is 4.38. The van der Waals surface area contributed by atoms with Crippen LogP contribution in [0.3, 0.4) is 0 Å². The van der Waals surface area contributed by atoms with E-state index in [1.165, 1.54) is 11.1 Å². The first-order chi connectivity index (χ1) is 12.6. The Bertz CT molecular complexity index is 677. The molecule has 2 N–H and O–H groups in total. The molecular weight excluding hydrogens is 449 g/mol. The minimum atomic E-state index is 0. The fraction of sp³-hybridized carbons (Fsp3) is 0.524. The van der Waals surface area contributed by atoms with Gasteiger partial charge in [-0.25, -0.2) is 0 Å². The molecular formula is C21H34IN5. The lowest BCUT2D eigenvalue weighted by Crippen LogP contribution is -2.45. The number of guanidine groups is 1. The molecule has 2 aromatic rings. The average molecular weight is 483 g/mol. The van der Waals surface area contributed by atoms with Crippen molar-refractivity contribution < 1.29 is 0 Å². The number of benzene rings is 1. The minimum absolute atomic E-state index is 0. The first-order valence-corrected chi connectivity index (χ1v) is 9.61. The highest BCUT2D eigenvalue weighted by Gasteiger charge is 2.28. The summed E-state index contributed by atoms with van der Waals surface area (Å²) in [5.74, 6) is 0.874. The summed E-state index contributed by atoms with van der Waals surface area (Å²) in [7, 11) is 3.78. The van der Waals surface area contributed by atoms with Crippen LogP contribution in [0.5, 0.6) is 0 Å². The standard InChI is InChI=1S/C21H33N5.HI/c1-5-21(6-2,19-12-8-7-9-13-19)17-24-20(22-3)23-14-10-11-18-15-25-26(4)16-18;/h7-9,12-13,15-16H,5-6,10-11,14,17H2,1-4H3,(H2,22,23,24);1H. The number of hydrogen-bond acceptors (Lipinski definition) is 2. The molecule has 1 aromatic carbocycles. The minimum Gasteiger partial charge on any atom is -0.356 e. The molecule has 5 nitrogen and oxygen atoms in total. The first-order valence-electron chi connectivity index (χ1n) is 9.61. The van der Waals surface area contributed by atoms with Gasteiger partial charge in [-0.3, -0.25) is 9.67 Å². The van der Waals surface area contributed by atoms with Crippen LogP contribution >= 0.6 is 24.0 Å². The van der Waals surface area contributed by atoms with Gasteiger partial charge < -0.3 is 10.6 Å². The molecule has 6 heteroatoms. The van der Waals surface area contributed by atoms with E-state index in [0.717, 1.165) is 44.7 Å². The maximum Gasteiger partial charge on any atom is 0.191 e. The molecule has 0 saturated carbocycles. The SMILES string of the molecule is CCC(CC)(CNC(=NC)NCCCc1cnn(C)c1)c1ccccc1.I. The predicted molar refractivity (Wildman–Crippen MR) is 125 cm³/mol. The molecule has 0 spiro atoms. The summed E-state index contributed by atoms with van der Waals surface area (Å²) in [5.41, 5.74) is 2.80. The Labute approximate surface area is 181 Å². The summed E-state index contributed by atoms with van der Waals surface area (Å²) >= 11 is 0. The Morgan fingerprint density at radius 2 is 1.85 bits per heavy atom. The van der Waals surface area contributed by atoms with Gasteiger partial charge in [-0.1, -0.05) is 44.2 Å². The molecule has 0 amide bonds. The van der Waals surface area contributed by atoms with Crippen LogP contribution in [0, 0.1) is 0 Å². The Hall–Kier alpha value is -1.57. The van der Waals surface area contributed by atoms with E-state index in [2.05, 4.69) is 71.1 Å². The molecule has 1 heterocycles. The third-order valence-electron chi connectivity index (χ3n) is 5.25. The molecule has 2 rings (SSSR count). The molecule has 0 unspecified atom stereocenters. The topological polar surface area (TPSA) is 54.2 Å². The van der Waals surface area contributed by atoms with Gasteiger partial charge in [0.05, 0.1) is 6.20 Å². The second-order valence-electron chi connectivity index (χ2n) is 6.83. The highest BCUT2D eigenvalue weighted by molar-refractivity contribution is 14.0. The number of aliphatic imine (C=N–C) groups is 1. The highest BCUT2D eigenvalue weighted by Crippen LogP contribution is 2.30. The molecule has 0 aliphatic rings. The molecule has 0 saturated heterocycles. The van der Waals surface area contributed by atoms with Gasteiger partial charge in [-0.05, 0) is 36.8 Å². The van der Waals surface area contributed by atoms with E-state index < -0.39 is 0 Å². The van der Waals surface area contributed by atoms with Crippen molar-refractivity contribution in [3.63, 3.8) is 0 Å². The van der Waals surface area contributed by atoms with Crippen LogP contribution in [-0.4, -0.2) is 35.9 Å². The van der Waals surface area contributed by atoms with Crippen molar-refractivity contribution in [2.45, 2.75) is 44.9 Å². The zero-order valence-corrected chi connectivity index (χ0v) is 19.4. The number of halogens is 1. The number of hydrogen-bond donors (Lipinski definition) is 2. The number of aromatic nitrogens is 2. The zero-order chi connectivity index (χ0) is 18.8. The van der Waals surface area contributed by atoms with Crippen LogP contribution in [-0.2, 0) is 18.9 Å². The molecule has 0 radical (unpaired) electrons. The Morgan fingerprint density at radius 3 is 2.41 bits per heavy atom. The van der Waals surface area contributed by atoms with Gasteiger partial charge in [0, 0.05) is 38.8 Å². The van der Waals surface area contributed by atoms with E-state index in [1.54, 1.807) is 0 Å². The Morgan fingerprint density at radius 1 is 1.15 bits per heavy atom. The smallest absolute Gasteiger partial charge is 0.191 e. The molecule has 0 aliphatic heterocycles. The van der Waals surface area contributed by atoms with E-state index in [4.69, 9.17) is 0 Å². The zero-order valence-electron chi connectivity index (χ0n) is 17.0. The van der Waals surface area contributed by atoms with Crippen molar-refractivity contribution in [2.75, 3.05) is 20.1 Å². The maximum absolute atomic E-state index is 4.38. The molecule has 150 valence electrons. The number of nitrogens with one attached hydrogen (secondary N) is 2. The van der Waals surface area contributed by atoms with Crippen LogP contribution < -0.4 is 10.6 Å². The van der Waals surface area contributed by atoms with E-state index in [1.807, 2.05) is 25.0 Å². The average Bonchev–Trinajstić information content (AvgIpc) is 3.10. The van der Waals surface area contributed by atoms with E-state index in [9.17, 15) is 0 Å². The van der Waals surface area contributed by atoms with Crippen LogP contribution in [0.25, 0.3) is 0 Å². The van der Waals surface area contributed by atoms with Crippen molar-refractivity contribution >= 4 is 29.9 Å². The maximum atomic E-state index is 4.38. The molecule has 1 aromatic heterocycles. The monoisotopic (exact) mass is 483 g/mol. The van der Waals surface area contributed by atoms with Crippen molar-refractivity contribution in [1.82, 2.24) is 20.4 Å². The number of aryl methyl sites for hydroxylation is 2. The second kappa shape index (κ2) is 12.0. The van der Waals surface area contributed by atoms with Gasteiger partial charge in [0.2, 0.25) is 0 Å². The van der Waals surface area contributed by atoms with Crippen molar-refractivity contribution in [1.29, 1.82) is 0 Å². The quantitative estimate of drug-likeness (QED) is 0.246. The van der Waals surface area contributed by atoms with Gasteiger partial charge in [-0.2, -0.15) is 5.10 Å². The van der Waals surface area contributed by atoms with Crippen LogP contribution in [0.15, 0.2) is 47.7 Å². The van der Waals surface area contributed by atoms with Gasteiger partial charge >= 0.3 is 0 Å². The lowest BCUT2D eigenvalue weighted by atomic mass is 9.76. The summed E-state index contributed by atoms with van der Waals surface area (Å²) in [6.07, 6.45) is 8.28. The normalized spacial score (nSPS) is 11.8. The molecule has 0 aliphatic carbocycles. The third kappa shape index (κ3) is 6.83. The van der Waals surface area contributed by atoms with E-state index in [-0.39, 0.29) is 29.4 Å². The molecule has 27 heavy (non-hydrogen) atoms. The number of nitrogens with zero attached hydrogens (tertiary/aromatic N) is 3. The second-order valence-corrected chi connectivity index (χ2v) is 6.83. The van der Waals surface area contributed by atoms with Crippen molar-refractivity contribution in [3.8, 4) is 0 Å². The van der Waals surface area contributed by atoms with Crippen LogP contribution in [0.2, 0.25) is 0 Å². The van der Waals surface area contributed by atoms with Crippen LogP contribution in [0.1, 0.15) is 44.2 Å². The Balaban J connectivity index is 0.00000364. The fourth-order valence-electron chi connectivity index (χ4n) is 3.38. The predicted octanol–water partition coefficient (Wildman–Crippen LogP) is 3.89. The van der Waals surface area contributed by atoms with E-state index in [0.29, 0.717) is 0 Å². The van der Waals surface area contributed by atoms with Gasteiger partial charge in [0.25, 0.3) is 0 Å². The summed E-state index contributed by atoms with van der Waals surface area (Å²) in [6, 6.07) is 10.8. The fourth-order valence-corrected chi connectivity index (χ4v) is 3.38. The van der Waals surface area contributed by atoms with Gasteiger partial charge in [0.15, 0.2) is 5.96 Å². The van der Waals surface area contributed by atoms with Crippen molar-refractivity contribution in [3.05, 3.63) is 53.9 Å². The van der Waals surface area contributed by atoms with Gasteiger partial charge in [0.1, 0.15) is 0 Å². The molecule has 0 fully saturated rings. The first kappa shape index (κ1) is 23.5. The van der Waals surface area contributed by atoms with Crippen LogP contribution in [0.4, 0.5) is 0 Å². The third-order valence-corrected chi connectivity index (χ3v) is 5.25. The van der Waals surface area contributed by atoms with E-state index >= 15 is 0 Å². The highest BCUT2D eigenvalue weighted by atomic mass is 127. The molecule has 0 bridgehead atoms. The lowest BCUT2D eigenvalue weighted by molar-refractivity contribution is 0.389. The lowest BCUT2D eigenvalue weighted by Gasteiger charge is -2.33.